The summed E-state index contributed by atoms with van der Waals surface area (Å²) in [5, 5.41) is 9.38. The zero-order valence-electron chi connectivity index (χ0n) is 7.67. The van der Waals surface area contributed by atoms with Gasteiger partial charge >= 0.3 is 0 Å². The summed E-state index contributed by atoms with van der Waals surface area (Å²) in [5.74, 6) is 0. The SMILES string of the molecule is C[Si](C)(C)C1CC=CC(O)C1. The first-order valence-corrected chi connectivity index (χ1v) is 7.92. The van der Waals surface area contributed by atoms with E-state index in [1.807, 2.05) is 6.08 Å². The third-order valence-electron chi connectivity index (χ3n) is 2.53. The number of hydrogen-bond acceptors (Lipinski definition) is 1. The highest BCUT2D eigenvalue weighted by atomic mass is 28.3. The fourth-order valence-electron chi connectivity index (χ4n) is 1.57. The topological polar surface area (TPSA) is 20.2 Å². The smallest absolute Gasteiger partial charge is 0.0721 e. The predicted octanol–water partition coefficient (Wildman–Crippen LogP) is 2.41. The van der Waals surface area contributed by atoms with Crippen molar-refractivity contribution in [2.45, 2.75) is 44.1 Å². The van der Waals surface area contributed by atoms with Crippen molar-refractivity contribution in [3.63, 3.8) is 0 Å². The van der Waals surface area contributed by atoms with Crippen LogP contribution in [0.4, 0.5) is 0 Å². The van der Waals surface area contributed by atoms with E-state index in [-0.39, 0.29) is 6.10 Å². The second kappa shape index (κ2) is 3.11. The molecule has 1 rings (SSSR count). The molecule has 1 aliphatic carbocycles. The molecule has 0 aliphatic heterocycles. The molecule has 0 aromatic carbocycles. The summed E-state index contributed by atoms with van der Waals surface area (Å²) in [7, 11) is -1.01. The van der Waals surface area contributed by atoms with E-state index in [1.54, 1.807) is 0 Å². The fraction of sp³-hybridized carbons (Fsp3) is 0.778. The summed E-state index contributed by atoms with van der Waals surface area (Å²) < 4.78 is 0. The van der Waals surface area contributed by atoms with Gasteiger partial charge in [-0.05, 0) is 18.4 Å². The molecule has 64 valence electrons. The van der Waals surface area contributed by atoms with Gasteiger partial charge < -0.3 is 5.11 Å². The Labute approximate surface area is 70.1 Å². The van der Waals surface area contributed by atoms with Crippen LogP contribution in [-0.2, 0) is 0 Å². The lowest BCUT2D eigenvalue weighted by atomic mass is 10.1. The second-order valence-corrected chi connectivity index (χ2v) is 10.1. The van der Waals surface area contributed by atoms with Crippen molar-refractivity contribution in [1.82, 2.24) is 0 Å². The minimum atomic E-state index is -1.01. The molecule has 1 nitrogen and oxygen atoms in total. The van der Waals surface area contributed by atoms with Gasteiger partial charge in [0.05, 0.1) is 6.10 Å². The molecular weight excluding hydrogens is 152 g/mol. The molecule has 0 fully saturated rings. The fourth-order valence-corrected chi connectivity index (χ4v) is 3.37. The van der Waals surface area contributed by atoms with Crippen molar-refractivity contribution in [3.8, 4) is 0 Å². The Kier molecular flexibility index (Phi) is 2.55. The maximum atomic E-state index is 9.38. The predicted molar refractivity (Wildman–Crippen MR) is 51.5 cm³/mol. The Morgan fingerprint density at radius 2 is 2.00 bits per heavy atom. The largest absolute Gasteiger partial charge is 0.389 e. The first kappa shape index (κ1) is 9.01. The van der Waals surface area contributed by atoms with Gasteiger partial charge in [0.1, 0.15) is 0 Å². The van der Waals surface area contributed by atoms with Crippen molar-refractivity contribution >= 4 is 8.07 Å². The number of aliphatic hydroxyl groups excluding tert-OH is 1. The van der Waals surface area contributed by atoms with Gasteiger partial charge in [0.2, 0.25) is 0 Å². The van der Waals surface area contributed by atoms with E-state index in [0.29, 0.717) is 0 Å². The zero-order valence-corrected chi connectivity index (χ0v) is 8.67. The molecule has 11 heavy (non-hydrogen) atoms. The van der Waals surface area contributed by atoms with E-state index >= 15 is 0 Å². The second-order valence-electron chi connectivity index (χ2n) is 4.53. The summed E-state index contributed by atoms with van der Waals surface area (Å²) in [4.78, 5) is 0. The number of hydrogen-bond donors (Lipinski definition) is 1. The molecule has 2 atom stereocenters. The van der Waals surface area contributed by atoms with Crippen LogP contribution in [0.2, 0.25) is 25.2 Å². The normalized spacial score (nSPS) is 32.4. The summed E-state index contributed by atoms with van der Waals surface area (Å²) in [5.41, 5.74) is 0.780. The van der Waals surface area contributed by atoms with Crippen LogP contribution in [0.5, 0.6) is 0 Å². The van der Waals surface area contributed by atoms with E-state index in [2.05, 4.69) is 25.7 Å². The van der Waals surface area contributed by atoms with Gasteiger partial charge in [0, 0.05) is 8.07 Å². The lowest BCUT2D eigenvalue weighted by Gasteiger charge is -2.31. The van der Waals surface area contributed by atoms with Crippen LogP contribution in [0.3, 0.4) is 0 Å². The van der Waals surface area contributed by atoms with E-state index in [0.717, 1.165) is 12.0 Å². The Morgan fingerprint density at radius 1 is 1.36 bits per heavy atom. The quantitative estimate of drug-likeness (QED) is 0.473. The standard InChI is InChI=1S/C9H18OSi/c1-11(2,3)9-6-4-5-8(10)7-9/h4-5,8-10H,6-7H2,1-3H3. The van der Waals surface area contributed by atoms with Crippen LogP contribution in [0, 0.1) is 0 Å². The molecule has 0 aromatic rings. The third-order valence-corrected chi connectivity index (χ3v) is 5.45. The molecule has 2 heteroatoms. The van der Waals surface area contributed by atoms with Crippen molar-refractivity contribution in [1.29, 1.82) is 0 Å². The number of rotatable bonds is 1. The Morgan fingerprint density at radius 3 is 2.36 bits per heavy atom. The number of allylic oxidation sites excluding steroid dienone is 1. The molecular formula is C9H18OSi. The highest BCUT2D eigenvalue weighted by Crippen LogP contribution is 2.33. The molecule has 0 radical (unpaired) electrons. The Bertz CT molecular complexity index is 157. The molecule has 0 heterocycles. The maximum absolute atomic E-state index is 9.38. The van der Waals surface area contributed by atoms with Crippen LogP contribution in [0.25, 0.3) is 0 Å². The lowest BCUT2D eigenvalue weighted by Crippen LogP contribution is -2.31. The molecule has 1 aliphatic rings. The first-order chi connectivity index (χ1) is 5.00. The first-order valence-electron chi connectivity index (χ1n) is 4.35. The highest BCUT2D eigenvalue weighted by molar-refractivity contribution is 6.77. The van der Waals surface area contributed by atoms with Gasteiger partial charge in [-0.3, -0.25) is 0 Å². The van der Waals surface area contributed by atoms with E-state index in [4.69, 9.17) is 0 Å². The monoisotopic (exact) mass is 170 g/mol. The van der Waals surface area contributed by atoms with Crippen LogP contribution >= 0.6 is 0 Å². The third kappa shape index (κ3) is 2.45. The molecule has 0 spiro atoms. The van der Waals surface area contributed by atoms with Gasteiger partial charge in [0.15, 0.2) is 0 Å². The van der Waals surface area contributed by atoms with Crippen LogP contribution in [0.1, 0.15) is 12.8 Å². The molecule has 0 bridgehead atoms. The zero-order chi connectivity index (χ0) is 8.48. The summed E-state index contributed by atoms with van der Waals surface area (Å²) in [6.07, 6.45) is 6.08. The summed E-state index contributed by atoms with van der Waals surface area (Å²) in [6.45, 7) is 7.14. The van der Waals surface area contributed by atoms with Crippen molar-refractivity contribution < 1.29 is 5.11 Å². The summed E-state index contributed by atoms with van der Waals surface area (Å²) >= 11 is 0. The Balaban J connectivity index is 2.57. The van der Waals surface area contributed by atoms with Gasteiger partial charge in [-0.15, -0.1) is 0 Å². The minimum absolute atomic E-state index is 0.166. The van der Waals surface area contributed by atoms with Crippen LogP contribution in [-0.4, -0.2) is 19.3 Å². The van der Waals surface area contributed by atoms with Gasteiger partial charge in [-0.2, -0.15) is 0 Å². The van der Waals surface area contributed by atoms with Crippen molar-refractivity contribution in [3.05, 3.63) is 12.2 Å². The van der Waals surface area contributed by atoms with E-state index in [1.165, 1.54) is 6.42 Å². The molecule has 0 saturated heterocycles. The minimum Gasteiger partial charge on any atom is -0.389 e. The van der Waals surface area contributed by atoms with Crippen LogP contribution in [0.15, 0.2) is 12.2 Å². The highest BCUT2D eigenvalue weighted by Gasteiger charge is 2.28. The summed E-state index contributed by atoms with van der Waals surface area (Å²) in [6, 6.07) is 0. The molecule has 0 saturated carbocycles. The maximum Gasteiger partial charge on any atom is 0.0721 e. The number of aliphatic hydroxyl groups is 1. The Hall–Kier alpha value is -0.0831. The van der Waals surface area contributed by atoms with Crippen molar-refractivity contribution in [2.75, 3.05) is 0 Å². The molecule has 0 amide bonds. The van der Waals surface area contributed by atoms with Crippen LogP contribution < -0.4 is 0 Å². The average Bonchev–Trinajstić information content (AvgIpc) is 1.86. The molecule has 1 N–H and O–H groups in total. The molecule has 0 aromatic heterocycles. The van der Waals surface area contributed by atoms with E-state index < -0.39 is 8.07 Å². The van der Waals surface area contributed by atoms with Crippen molar-refractivity contribution in [2.24, 2.45) is 0 Å². The van der Waals surface area contributed by atoms with E-state index in [9.17, 15) is 5.11 Å². The molecule has 2 unspecified atom stereocenters. The van der Waals surface area contributed by atoms with Gasteiger partial charge in [0.25, 0.3) is 0 Å². The van der Waals surface area contributed by atoms with Gasteiger partial charge in [-0.25, -0.2) is 0 Å². The average molecular weight is 170 g/mol. The van der Waals surface area contributed by atoms with Gasteiger partial charge in [-0.1, -0.05) is 31.8 Å². The lowest BCUT2D eigenvalue weighted by molar-refractivity contribution is 0.203.